The molecular formula is C14H17N3S. The molecule has 1 heterocycles. The normalized spacial score (nSPS) is 18.1. The molecule has 1 fully saturated rings. The third-order valence-electron chi connectivity index (χ3n) is 3.92. The first-order valence-corrected chi connectivity index (χ1v) is 6.85. The fraction of sp³-hybridized carbons (Fsp3) is 0.429. The summed E-state index contributed by atoms with van der Waals surface area (Å²) in [6.07, 6.45) is 4.91. The standard InChI is InChI=1S/C14H17N3S/c1-14(9-5-6-10-14)17-12(15-16-13(17)18)11-7-3-2-4-8-11/h2-4,7-8H,5-6,9-10H2,1H3,(H,16,18). The number of hydrogen-bond donors (Lipinski definition) is 1. The van der Waals surface area contributed by atoms with Gasteiger partial charge in [-0.25, -0.2) is 0 Å². The first kappa shape index (κ1) is 11.7. The predicted molar refractivity (Wildman–Crippen MR) is 75.0 cm³/mol. The van der Waals surface area contributed by atoms with Crippen LogP contribution in [0.2, 0.25) is 0 Å². The Morgan fingerprint density at radius 2 is 1.89 bits per heavy atom. The first-order chi connectivity index (χ1) is 8.71. The third-order valence-corrected chi connectivity index (χ3v) is 4.20. The molecule has 4 heteroatoms. The number of nitrogens with zero attached hydrogens (tertiary/aromatic N) is 2. The summed E-state index contributed by atoms with van der Waals surface area (Å²) in [4.78, 5) is 0. The van der Waals surface area contributed by atoms with Gasteiger partial charge in [-0.3, -0.25) is 9.67 Å². The van der Waals surface area contributed by atoms with Crippen molar-refractivity contribution in [1.82, 2.24) is 14.8 Å². The number of aromatic amines is 1. The second kappa shape index (κ2) is 4.35. The van der Waals surface area contributed by atoms with Crippen LogP contribution in [0.5, 0.6) is 0 Å². The number of hydrogen-bond acceptors (Lipinski definition) is 2. The second-order valence-corrected chi connectivity index (χ2v) is 5.64. The van der Waals surface area contributed by atoms with Gasteiger partial charge in [0.1, 0.15) is 0 Å². The number of rotatable bonds is 2. The van der Waals surface area contributed by atoms with Crippen molar-refractivity contribution in [3.63, 3.8) is 0 Å². The van der Waals surface area contributed by atoms with Crippen molar-refractivity contribution >= 4 is 12.2 Å². The number of aromatic nitrogens is 3. The van der Waals surface area contributed by atoms with Crippen molar-refractivity contribution in [2.75, 3.05) is 0 Å². The molecule has 0 bridgehead atoms. The van der Waals surface area contributed by atoms with Crippen LogP contribution in [0, 0.1) is 4.77 Å². The third kappa shape index (κ3) is 1.81. The minimum Gasteiger partial charge on any atom is -0.294 e. The van der Waals surface area contributed by atoms with Gasteiger partial charge in [-0.2, -0.15) is 5.10 Å². The minimum absolute atomic E-state index is 0.120. The summed E-state index contributed by atoms with van der Waals surface area (Å²) in [5.41, 5.74) is 1.24. The van der Waals surface area contributed by atoms with Crippen molar-refractivity contribution in [2.45, 2.75) is 38.1 Å². The molecular weight excluding hydrogens is 242 g/mol. The summed E-state index contributed by atoms with van der Waals surface area (Å²) in [5, 5.41) is 7.38. The van der Waals surface area contributed by atoms with Gasteiger partial charge in [0, 0.05) is 11.1 Å². The van der Waals surface area contributed by atoms with Crippen molar-refractivity contribution in [3.05, 3.63) is 35.1 Å². The zero-order valence-electron chi connectivity index (χ0n) is 10.5. The topological polar surface area (TPSA) is 33.6 Å². The minimum atomic E-state index is 0.120. The first-order valence-electron chi connectivity index (χ1n) is 6.44. The molecule has 1 aliphatic carbocycles. The molecule has 0 saturated heterocycles. The van der Waals surface area contributed by atoms with E-state index in [0.717, 1.165) is 16.2 Å². The highest BCUT2D eigenvalue weighted by molar-refractivity contribution is 7.71. The molecule has 1 N–H and O–H groups in total. The molecule has 0 atom stereocenters. The Kier molecular flexibility index (Phi) is 2.82. The van der Waals surface area contributed by atoms with Crippen LogP contribution >= 0.6 is 12.2 Å². The van der Waals surface area contributed by atoms with Gasteiger partial charge in [0.25, 0.3) is 0 Å². The maximum Gasteiger partial charge on any atom is 0.195 e. The molecule has 1 aromatic carbocycles. The van der Waals surface area contributed by atoms with Crippen molar-refractivity contribution < 1.29 is 0 Å². The molecule has 94 valence electrons. The largest absolute Gasteiger partial charge is 0.294 e. The Morgan fingerprint density at radius 3 is 2.56 bits per heavy atom. The molecule has 0 unspecified atom stereocenters. The van der Waals surface area contributed by atoms with Gasteiger partial charge in [-0.15, -0.1) is 0 Å². The van der Waals surface area contributed by atoms with Crippen LogP contribution in [-0.2, 0) is 5.54 Å². The SMILES string of the molecule is CC1(n2c(-c3ccccc3)n[nH]c2=S)CCCC1. The van der Waals surface area contributed by atoms with Crippen LogP contribution in [0.25, 0.3) is 11.4 Å². The molecule has 0 aliphatic heterocycles. The molecule has 0 spiro atoms. The highest BCUT2D eigenvalue weighted by Gasteiger charge is 2.33. The number of benzene rings is 1. The Bertz CT molecular complexity index is 591. The summed E-state index contributed by atoms with van der Waals surface area (Å²) in [5.74, 6) is 0.963. The zero-order chi connectivity index (χ0) is 12.6. The van der Waals surface area contributed by atoms with E-state index in [0.29, 0.717) is 0 Å². The van der Waals surface area contributed by atoms with E-state index in [-0.39, 0.29) is 5.54 Å². The lowest BCUT2D eigenvalue weighted by Gasteiger charge is -2.27. The summed E-state index contributed by atoms with van der Waals surface area (Å²) >= 11 is 5.43. The van der Waals surface area contributed by atoms with Crippen LogP contribution in [0.1, 0.15) is 32.6 Å². The molecule has 18 heavy (non-hydrogen) atoms. The van der Waals surface area contributed by atoms with Crippen molar-refractivity contribution in [1.29, 1.82) is 0 Å². The fourth-order valence-electron chi connectivity index (χ4n) is 2.94. The van der Waals surface area contributed by atoms with E-state index in [1.54, 1.807) is 0 Å². The van der Waals surface area contributed by atoms with E-state index in [2.05, 4.69) is 33.8 Å². The molecule has 3 nitrogen and oxygen atoms in total. The van der Waals surface area contributed by atoms with E-state index < -0.39 is 0 Å². The molecule has 1 aromatic heterocycles. The monoisotopic (exact) mass is 259 g/mol. The van der Waals surface area contributed by atoms with E-state index in [4.69, 9.17) is 12.2 Å². The van der Waals surface area contributed by atoms with Gasteiger partial charge in [0.2, 0.25) is 0 Å². The van der Waals surface area contributed by atoms with E-state index in [1.165, 1.54) is 25.7 Å². The Balaban J connectivity index is 2.16. The van der Waals surface area contributed by atoms with Gasteiger partial charge in [-0.1, -0.05) is 43.2 Å². The lowest BCUT2D eigenvalue weighted by Crippen LogP contribution is -2.27. The highest BCUT2D eigenvalue weighted by atomic mass is 32.1. The molecule has 2 aromatic rings. The second-order valence-electron chi connectivity index (χ2n) is 5.26. The lowest BCUT2D eigenvalue weighted by atomic mass is 10.00. The zero-order valence-corrected chi connectivity index (χ0v) is 11.3. The average molecular weight is 259 g/mol. The maximum atomic E-state index is 5.43. The van der Waals surface area contributed by atoms with Crippen LogP contribution in [0.15, 0.2) is 30.3 Å². The van der Waals surface area contributed by atoms with Crippen molar-refractivity contribution in [2.24, 2.45) is 0 Å². The molecule has 1 aliphatic rings. The van der Waals surface area contributed by atoms with Crippen LogP contribution in [0.3, 0.4) is 0 Å². The molecule has 0 radical (unpaired) electrons. The van der Waals surface area contributed by atoms with Gasteiger partial charge < -0.3 is 0 Å². The van der Waals surface area contributed by atoms with E-state index in [9.17, 15) is 0 Å². The van der Waals surface area contributed by atoms with E-state index in [1.807, 2.05) is 18.2 Å². The fourth-order valence-corrected chi connectivity index (χ4v) is 3.29. The van der Waals surface area contributed by atoms with E-state index >= 15 is 0 Å². The Labute approximate surface area is 112 Å². The summed E-state index contributed by atoms with van der Waals surface area (Å²) in [6, 6.07) is 10.3. The maximum absolute atomic E-state index is 5.43. The summed E-state index contributed by atoms with van der Waals surface area (Å²) in [7, 11) is 0. The van der Waals surface area contributed by atoms with Gasteiger partial charge in [-0.05, 0) is 32.0 Å². The van der Waals surface area contributed by atoms with Gasteiger partial charge >= 0.3 is 0 Å². The summed E-state index contributed by atoms with van der Waals surface area (Å²) in [6.45, 7) is 2.29. The average Bonchev–Trinajstić information content (AvgIpc) is 2.98. The van der Waals surface area contributed by atoms with Crippen LogP contribution in [0.4, 0.5) is 0 Å². The summed E-state index contributed by atoms with van der Waals surface area (Å²) < 4.78 is 2.95. The Hall–Kier alpha value is -1.42. The molecule has 1 saturated carbocycles. The number of H-pyrrole nitrogens is 1. The van der Waals surface area contributed by atoms with Crippen LogP contribution in [-0.4, -0.2) is 14.8 Å². The Morgan fingerprint density at radius 1 is 1.22 bits per heavy atom. The predicted octanol–water partition coefficient (Wildman–Crippen LogP) is 3.90. The van der Waals surface area contributed by atoms with Gasteiger partial charge in [0.05, 0.1) is 0 Å². The molecule has 0 amide bonds. The van der Waals surface area contributed by atoms with Gasteiger partial charge in [0.15, 0.2) is 10.6 Å². The van der Waals surface area contributed by atoms with Crippen LogP contribution < -0.4 is 0 Å². The van der Waals surface area contributed by atoms with Crippen molar-refractivity contribution in [3.8, 4) is 11.4 Å². The molecule has 3 rings (SSSR count). The lowest BCUT2D eigenvalue weighted by molar-refractivity contribution is 0.328. The number of nitrogens with one attached hydrogen (secondary N) is 1. The highest BCUT2D eigenvalue weighted by Crippen LogP contribution is 2.38. The quantitative estimate of drug-likeness (QED) is 0.830. The smallest absolute Gasteiger partial charge is 0.195 e.